The van der Waals surface area contributed by atoms with Crippen LogP contribution >= 0.6 is 0 Å². The predicted octanol–water partition coefficient (Wildman–Crippen LogP) is 3.23. The molecule has 0 aliphatic carbocycles. The molecule has 2 aromatic heterocycles. The molecule has 47 heavy (non-hydrogen) atoms. The van der Waals surface area contributed by atoms with Gasteiger partial charge in [-0.15, -0.1) is 0 Å². The summed E-state index contributed by atoms with van der Waals surface area (Å²) in [6, 6.07) is 4.08. The number of fused-ring (bicyclic) bond motifs is 7. The number of hydrogen-bond acceptors (Lipinski definition) is 8. The van der Waals surface area contributed by atoms with E-state index in [1.54, 1.807) is 18.7 Å². The number of rotatable bonds is 5. The van der Waals surface area contributed by atoms with Crippen LogP contribution in [0.15, 0.2) is 18.5 Å². The van der Waals surface area contributed by atoms with Crippen LogP contribution in [0.25, 0.3) is 5.78 Å². The minimum atomic E-state index is -0.000526. The van der Waals surface area contributed by atoms with Crippen LogP contribution in [-0.2, 0) is 33.6 Å². The Kier molecular flexibility index (Phi) is 9.93. The lowest BCUT2D eigenvalue weighted by Crippen LogP contribution is -2.60. The van der Waals surface area contributed by atoms with E-state index in [4.69, 9.17) is 9.47 Å². The number of aryl methyl sites for hydroxylation is 4. The number of piperidine rings is 2. The number of likely N-dealkylation sites (tertiary alicyclic amines) is 1. The lowest BCUT2D eigenvalue weighted by atomic mass is 9.77. The molecule has 2 saturated heterocycles. The molecule has 252 valence electrons. The van der Waals surface area contributed by atoms with Crippen molar-refractivity contribution in [3.05, 3.63) is 46.5 Å². The lowest BCUT2D eigenvalue weighted by Gasteiger charge is -2.51. The van der Waals surface area contributed by atoms with Crippen molar-refractivity contribution >= 4 is 23.5 Å². The van der Waals surface area contributed by atoms with Gasteiger partial charge in [0.2, 0.25) is 17.7 Å². The van der Waals surface area contributed by atoms with Crippen molar-refractivity contribution in [2.45, 2.75) is 84.1 Å². The van der Waals surface area contributed by atoms with Crippen LogP contribution in [0.4, 0.5) is 0 Å². The molecule has 0 radical (unpaired) electrons. The van der Waals surface area contributed by atoms with Gasteiger partial charge in [-0.05, 0) is 93.4 Å². The number of benzene rings is 1. The first kappa shape index (κ1) is 32.7. The summed E-state index contributed by atoms with van der Waals surface area (Å²) in [6.07, 6.45) is 7.88. The third kappa shape index (κ3) is 7.06. The Bertz CT molecular complexity index is 1640. The van der Waals surface area contributed by atoms with Crippen molar-refractivity contribution in [1.82, 2.24) is 34.7 Å². The Morgan fingerprint density at radius 1 is 1.02 bits per heavy atom. The molecule has 0 unspecified atom stereocenters. The fourth-order valence-electron chi connectivity index (χ4n) is 8.01. The monoisotopic (exact) mass is 645 g/mol. The van der Waals surface area contributed by atoms with Gasteiger partial charge in [-0.25, -0.2) is 9.50 Å². The van der Waals surface area contributed by atoms with Gasteiger partial charge in [0.05, 0.1) is 14.2 Å². The Morgan fingerprint density at radius 2 is 1.87 bits per heavy atom. The normalized spacial score (nSPS) is 22.5. The zero-order valence-corrected chi connectivity index (χ0v) is 28.1. The van der Waals surface area contributed by atoms with E-state index in [9.17, 15) is 14.4 Å². The van der Waals surface area contributed by atoms with E-state index in [0.29, 0.717) is 82.0 Å². The van der Waals surface area contributed by atoms with Gasteiger partial charge in [0, 0.05) is 62.9 Å². The van der Waals surface area contributed by atoms with E-state index in [0.717, 1.165) is 53.8 Å². The molecule has 3 atom stereocenters. The van der Waals surface area contributed by atoms with Crippen LogP contribution in [0, 0.1) is 25.7 Å². The van der Waals surface area contributed by atoms with Gasteiger partial charge >= 0.3 is 0 Å². The SMILES string of the molecule is COc1cc2cc(c1OC)CCCNC(=O)CCC[C@H]1[C@H]3C[C@@H](CN(C(=O)CCc4c(C)nc5ncnn5c4C)C3)CN1C(=O)CC2. The number of hydrogen-bond donors (Lipinski definition) is 1. The van der Waals surface area contributed by atoms with Crippen LogP contribution in [-0.4, -0.2) is 93.5 Å². The molecule has 6 rings (SSSR count). The second-order valence-corrected chi connectivity index (χ2v) is 13.3. The molecule has 12 heteroatoms. The lowest BCUT2D eigenvalue weighted by molar-refractivity contribution is -0.145. The summed E-state index contributed by atoms with van der Waals surface area (Å²) in [6.45, 7) is 6.47. The molecule has 12 nitrogen and oxygen atoms in total. The maximum atomic E-state index is 13.9. The first-order valence-corrected chi connectivity index (χ1v) is 17.0. The summed E-state index contributed by atoms with van der Waals surface area (Å²) in [5.74, 6) is 2.65. The van der Waals surface area contributed by atoms with Gasteiger partial charge in [-0.2, -0.15) is 10.1 Å². The third-order valence-corrected chi connectivity index (χ3v) is 10.3. The smallest absolute Gasteiger partial charge is 0.252 e. The number of carbonyl (C=O) groups is 3. The van der Waals surface area contributed by atoms with Crippen LogP contribution in [0.5, 0.6) is 11.5 Å². The highest BCUT2D eigenvalue weighted by Crippen LogP contribution is 2.37. The molecule has 1 aromatic carbocycles. The van der Waals surface area contributed by atoms with Crippen LogP contribution in [0.1, 0.15) is 73.0 Å². The second kappa shape index (κ2) is 14.3. The molecule has 3 amide bonds. The largest absolute Gasteiger partial charge is 0.493 e. The summed E-state index contributed by atoms with van der Waals surface area (Å²) < 4.78 is 13.0. The Balaban J connectivity index is 1.17. The summed E-state index contributed by atoms with van der Waals surface area (Å²) >= 11 is 0. The van der Waals surface area contributed by atoms with Crippen LogP contribution in [0.3, 0.4) is 0 Å². The average Bonchev–Trinajstić information content (AvgIpc) is 3.54. The van der Waals surface area contributed by atoms with E-state index >= 15 is 0 Å². The molecule has 4 bridgehead atoms. The Hall–Kier alpha value is -4.22. The zero-order valence-electron chi connectivity index (χ0n) is 28.1. The van der Waals surface area contributed by atoms with Crippen molar-refractivity contribution < 1.29 is 23.9 Å². The second-order valence-electron chi connectivity index (χ2n) is 13.3. The zero-order chi connectivity index (χ0) is 33.1. The number of nitrogens with zero attached hydrogens (tertiary/aromatic N) is 6. The van der Waals surface area contributed by atoms with E-state index in [2.05, 4.69) is 31.3 Å². The molecule has 0 spiro atoms. The number of nitrogens with one attached hydrogen (secondary N) is 1. The highest BCUT2D eigenvalue weighted by atomic mass is 16.5. The summed E-state index contributed by atoms with van der Waals surface area (Å²) in [4.78, 5) is 53.2. The maximum Gasteiger partial charge on any atom is 0.252 e. The highest BCUT2D eigenvalue weighted by Gasteiger charge is 2.43. The fraction of sp³-hybridized carbons (Fsp3) is 0.600. The summed E-state index contributed by atoms with van der Waals surface area (Å²) in [5, 5.41) is 7.35. The minimum absolute atomic E-state index is 0.000526. The number of carbonyl (C=O) groups excluding carboxylic acids is 3. The van der Waals surface area contributed by atoms with E-state index in [1.807, 2.05) is 24.8 Å². The number of aromatic nitrogens is 4. The van der Waals surface area contributed by atoms with Crippen LogP contribution < -0.4 is 14.8 Å². The molecule has 3 aliphatic heterocycles. The average molecular weight is 646 g/mol. The summed E-state index contributed by atoms with van der Waals surface area (Å²) in [5.41, 5.74) is 4.92. The minimum Gasteiger partial charge on any atom is -0.493 e. The quantitative estimate of drug-likeness (QED) is 0.448. The molecular weight excluding hydrogens is 598 g/mol. The first-order valence-electron chi connectivity index (χ1n) is 17.0. The summed E-state index contributed by atoms with van der Waals surface area (Å²) in [7, 11) is 3.27. The molecule has 2 fully saturated rings. The predicted molar refractivity (Wildman–Crippen MR) is 175 cm³/mol. The van der Waals surface area contributed by atoms with Gasteiger partial charge in [0.1, 0.15) is 6.33 Å². The van der Waals surface area contributed by atoms with Crippen molar-refractivity contribution in [3.8, 4) is 11.5 Å². The number of amides is 3. The van der Waals surface area contributed by atoms with Crippen molar-refractivity contribution in [2.24, 2.45) is 11.8 Å². The van der Waals surface area contributed by atoms with Crippen molar-refractivity contribution in [1.29, 1.82) is 0 Å². The topological polar surface area (TPSA) is 131 Å². The number of methoxy groups -OCH3 is 2. The Morgan fingerprint density at radius 3 is 2.68 bits per heavy atom. The molecule has 3 aromatic rings. The van der Waals surface area contributed by atoms with E-state index in [1.165, 1.54) is 6.33 Å². The Labute approximate surface area is 276 Å². The number of ether oxygens (including phenoxy) is 2. The standard InChI is InChI=1S/C35H47N7O5/c1-22-28(23(2)42-35(39-22)37-21-38-42)11-13-32(44)40-18-25-16-27(20-40)29-8-5-9-31(43)36-14-6-7-26-15-24(10-12-33(45)41(29)19-25)17-30(46-3)34(26)47-4/h15,17,21,25,27,29H,5-14,16,18-20H2,1-4H3,(H,36,43)/t25-,27-,29-/m0/s1. The van der Waals surface area contributed by atoms with E-state index in [-0.39, 0.29) is 35.6 Å². The van der Waals surface area contributed by atoms with Gasteiger partial charge in [0.15, 0.2) is 11.5 Å². The maximum absolute atomic E-state index is 13.9. The van der Waals surface area contributed by atoms with Gasteiger partial charge in [-0.1, -0.05) is 6.07 Å². The molecular formula is C35H47N7O5. The van der Waals surface area contributed by atoms with Crippen LogP contribution in [0.2, 0.25) is 0 Å². The molecule has 1 N–H and O–H groups in total. The molecule has 3 aliphatic rings. The van der Waals surface area contributed by atoms with Gasteiger partial charge < -0.3 is 24.6 Å². The van der Waals surface area contributed by atoms with Gasteiger partial charge in [-0.3, -0.25) is 14.4 Å². The van der Waals surface area contributed by atoms with Gasteiger partial charge in [0.25, 0.3) is 5.78 Å². The van der Waals surface area contributed by atoms with Crippen molar-refractivity contribution in [3.63, 3.8) is 0 Å². The molecule has 5 heterocycles. The fourth-order valence-corrected chi connectivity index (χ4v) is 8.01. The molecule has 0 saturated carbocycles. The van der Waals surface area contributed by atoms with E-state index < -0.39 is 0 Å². The highest BCUT2D eigenvalue weighted by molar-refractivity contribution is 5.78. The third-order valence-electron chi connectivity index (χ3n) is 10.3. The first-order chi connectivity index (χ1) is 22.7. The van der Waals surface area contributed by atoms with Crippen molar-refractivity contribution in [2.75, 3.05) is 40.4 Å².